The Kier molecular flexibility index (Phi) is 8.40. The second-order valence-corrected chi connectivity index (χ2v) is 14.7. The van der Waals surface area contributed by atoms with Crippen LogP contribution in [0, 0.1) is 32.8 Å². The zero-order valence-corrected chi connectivity index (χ0v) is 28.1. The van der Waals surface area contributed by atoms with Crippen LogP contribution in [0.25, 0.3) is 11.3 Å². The quantitative estimate of drug-likeness (QED) is 0.167. The molecule has 1 N–H and O–H groups in total. The fourth-order valence-electron chi connectivity index (χ4n) is 9.32. The fraction of sp³-hybridized carbons (Fsp3) is 0.541. The maximum atomic E-state index is 13.6. The summed E-state index contributed by atoms with van der Waals surface area (Å²) in [5.74, 6) is -0.690. The van der Waals surface area contributed by atoms with E-state index in [-0.39, 0.29) is 47.2 Å². The Hall–Kier alpha value is -4.13. The highest BCUT2D eigenvalue weighted by Crippen LogP contribution is 2.68. The SMILES string of the molecule is CCCCC(=O)O[C@H]1C[C@H]2[C@]3(C)CO[C@@H](c4ccc([N+](=O)[O-])cc4)O[C@H]3CC[C@]2(C)[C@H]2[C@@H](O)c3c(cc(-c4cccnc4)oc3=O)O[C@]12C. The van der Waals surface area contributed by atoms with Gasteiger partial charge in [-0.25, -0.2) is 4.79 Å². The minimum Gasteiger partial charge on any atom is -0.482 e. The number of carbonyl (C=O) groups is 1. The molecule has 2 aromatic heterocycles. The summed E-state index contributed by atoms with van der Waals surface area (Å²) in [5, 5.41) is 23.5. The molecular formula is C37H42N2O10. The molecular weight excluding hydrogens is 632 g/mol. The average Bonchev–Trinajstić information content (AvgIpc) is 3.07. The molecule has 0 bridgehead atoms. The molecule has 2 aliphatic heterocycles. The molecule has 0 radical (unpaired) electrons. The number of aliphatic hydroxyl groups is 1. The molecule has 2 aliphatic carbocycles. The molecule has 4 heterocycles. The standard InChI is InChI=1S/C37H42N2O10/c1-5-6-9-29(40)47-28-18-26-35(2,15-14-27-36(26,3)20-45-34(48-27)21-10-12-23(13-11-21)39(43)44)32-31(41)30-25(49-37(28,32)4)17-24(46-33(30)42)22-8-7-16-38-19-22/h7-8,10-13,16-17,19,26-28,31-32,34,41H,5-6,9,14-15,18,20H2,1-4H3/t26-,27+,28+,31+,32-,34-,35+,36+,37-/m1/s1. The topological polar surface area (TPSA) is 160 Å². The summed E-state index contributed by atoms with van der Waals surface area (Å²) in [4.78, 5) is 41.8. The molecule has 9 atom stereocenters. The lowest BCUT2D eigenvalue weighted by atomic mass is 9.42. The average molecular weight is 675 g/mol. The van der Waals surface area contributed by atoms with Gasteiger partial charge in [-0.1, -0.05) is 27.2 Å². The Morgan fingerprint density at radius 3 is 2.63 bits per heavy atom. The molecule has 260 valence electrons. The summed E-state index contributed by atoms with van der Waals surface area (Å²) >= 11 is 0. The van der Waals surface area contributed by atoms with Gasteiger partial charge in [-0.3, -0.25) is 19.9 Å². The van der Waals surface area contributed by atoms with E-state index < -0.39 is 51.4 Å². The lowest BCUT2D eigenvalue weighted by Crippen LogP contribution is -2.71. The van der Waals surface area contributed by atoms with Crippen LogP contribution in [-0.4, -0.2) is 45.4 Å². The number of nitrogens with zero attached hydrogens (tertiary/aromatic N) is 2. The van der Waals surface area contributed by atoms with Crippen molar-refractivity contribution in [3.63, 3.8) is 0 Å². The zero-order chi connectivity index (χ0) is 34.7. The first-order valence-corrected chi connectivity index (χ1v) is 17.1. The van der Waals surface area contributed by atoms with Crippen molar-refractivity contribution in [2.75, 3.05) is 6.61 Å². The minimum atomic E-state index is -1.27. The van der Waals surface area contributed by atoms with Crippen LogP contribution in [-0.2, 0) is 19.0 Å². The number of esters is 1. The molecule has 1 saturated heterocycles. The van der Waals surface area contributed by atoms with Crippen LogP contribution in [0.1, 0.15) is 89.7 Å². The number of non-ortho nitro benzene ring substituents is 1. The van der Waals surface area contributed by atoms with Gasteiger partial charge in [0.25, 0.3) is 5.69 Å². The third-order valence-electron chi connectivity index (χ3n) is 11.7. The Balaban J connectivity index is 1.26. The van der Waals surface area contributed by atoms with Crippen LogP contribution >= 0.6 is 0 Å². The molecule has 49 heavy (non-hydrogen) atoms. The monoisotopic (exact) mass is 674 g/mol. The number of aliphatic hydroxyl groups excluding tert-OH is 1. The lowest BCUT2D eigenvalue weighted by molar-refractivity contribution is -0.384. The number of nitro benzene ring substituents is 1. The van der Waals surface area contributed by atoms with E-state index >= 15 is 0 Å². The molecule has 7 rings (SSSR count). The van der Waals surface area contributed by atoms with E-state index in [1.54, 1.807) is 42.7 Å². The van der Waals surface area contributed by atoms with Gasteiger partial charge in [-0.15, -0.1) is 0 Å². The van der Waals surface area contributed by atoms with Crippen molar-refractivity contribution in [2.24, 2.45) is 22.7 Å². The third-order valence-corrected chi connectivity index (χ3v) is 11.7. The van der Waals surface area contributed by atoms with Crippen molar-refractivity contribution in [1.29, 1.82) is 0 Å². The van der Waals surface area contributed by atoms with Crippen LogP contribution < -0.4 is 10.4 Å². The second-order valence-electron chi connectivity index (χ2n) is 14.7. The first-order valence-electron chi connectivity index (χ1n) is 17.1. The molecule has 0 amide bonds. The summed E-state index contributed by atoms with van der Waals surface area (Å²) in [6.07, 6.45) is 3.71. The highest BCUT2D eigenvalue weighted by Gasteiger charge is 2.71. The zero-order valence-electron chi connectivity index (χ0n) is 28.1. The summed E-state index contributed by atoms with van der Waals surface area (Å²) in [6, 6.07) is 11.3. The Morgan fingerprint density at radius 2 is 1.94 bits per heavy atom. The van der Waals surface area contributed by atoms with Crippen molar-refractivity contribution < 1.29 is 38.2 Å². The van der Waals surface area contributed by atoms with Crippen LogP contribution in [0.5, 0.6) is 5.75 Å². The molecule has 1 aromatic carbocycles. The van der Waals surface area contributed by atoms with Gasteiger partial charge < -0.3 is 28.5 Å². The Labute approximate surface area is 283 Å². The van der Waals surface area contributed by atoms with Crippen LogP contribution in [0.15, 0.2) is 64.1 Å². The van der Waals surface area contributed by atoms with Gasteiger partial charge in [0.2, 0.25) is 0 Å². The molecule has 2 saturated carbocycles. The Morgan fingerprint density at radius 1 is 1.16 bits per heavy atom. The number of fused-ring (bicyclic) bond motifs is 6. The van der Waals surface area contributed by atoms with E-state index in [4.69, 9.17) is 23.4 Å². The van der Waals surface area contributed by atoms with E-state index in [0.29, 0.717) is 43.4 Å². The van der Waals surface area contributed by atoms with Crippen molar-refractivity contribution in [2.45, 2.75) is 96.4 Å². The maximum absolute atomic E-state index is 13.6. The highest BCUT2D eigenvalue weighted by atomic mass is 16.7. The highest BCUT2D eigenvalue weighted by molar-refractivity contribution is 5.69. The minimum absolute atomic E-state index is 0.0141. The van der Waals surface area contributed by atoms with Gasteiger partial charge >= 0.3 is 11.6 Å². The molecule has 4 aliphatic rings. The van der Waals surface area contributed by atoms with Gasteiger partial charge in [0, 0.05) is 59.5 Å². The predicted octanol–water partition coefficient (Wildman–Crippen LogP) is 6.45. The third kappa shape index (κ3) is 5.44. The fourth-order valence-corrected chi connectivity index (χ4v) is 9.32. The van der Waals surface area contributed by atoms with Crippen LogP contribution in [0.2, 0.25) is 0 Å². The maximum Gasteiger partial charge on any atom is 0.345 e. The molecule has 3 aromatic rings. The summed E-state index contributed by atoms with van der Waals surface area (Å²) in [7, 11) is 0. The first-order chi connectivity index (χ1) is 23.4. The number of hydrogen-bond donors (Lipinski definition) is 1. The number of hydrogen-bond acceptors (Lipinski definition) is 11. The lowest BCUT2D eigenvalue weighted by Gasteiger charge is -2.67. The van der Waals surface area contributed by atoms with E-state index in [1.807, 2.05) is 13.8 Å². The summed E-state index contributed by atoms with van der Waals surface area (Å²) in [6.45, 7) is 8.44. The number of benzene rings is 1. The smallest absolute Gasteiger partial charge is 0.345 e. The number of nitro groups is 1. The van der Waals surface area contributed by atoms with Gasteiger partial charge in [-0.2, -0.15) is 0 Å². The van der Waals surface area contributed by atoms with E-state index in [1.165, 1.54) is 12.1 Å². The predicted molar refractivity (Wildman–Crippen MR) is 175 cm³/mol. The second kappa shape index (κ2) is 12.3. The van der Waals surface area contributed by atoms with Gasteiger partial charge in [0.1, 0.15) is 28.8 Å². The number of aromatic nitrogens is 1. The number of ether oxygens (including phenoxy) is 4. The molecule has 12 heteroatoms. The van der Waals surface area contributed by atoms with Crippen molar-refractivity contribution in [3.05, 3.63) is 86.5 Å². The van der Waals surface area contributed by atoms with Gasteiger partial charge in [0.05, 0.1) is 23.7 Å². The number of rotatable bonds is 7. The number of unbranched alkanes of at least 4 members (excludes halogenated alkanes) is 1. The van der Waals surface area contributed by atoms with Crippen LogP contribution in [0.3, 0.4) is 0 Å². The Bertz CT molecular complexity index is 1800. The van der Waals surface area contributed by atoms with E-state index in [9.17, 15) is 24.8 Å². The molecule has 0 spiro atoms. The van der Waals surface area contributed by atoms with Crippen molar-refractivity contribution >= 4 is 11.7 Å². The van der Waals surface area contributed by atoms with Crippen LogP contribution in [0.4, 0.5) is 5.69 Å². The van der Waals surface area contributed by atoms with Crippen molar-refractivity contribution in [1.82, 2.24) is 4.98 Å². The summed E-state index contributed by atoms with van der Waals surface area (Å²) < 4.78 is 31.8. The number of pyridine rings is 1. The molecule has 0 unspecified atom stereocenters. The normalized spacial score (nSPS) is 34.7. The summed E-state index contributed by atoms with van der Waals surface area (Å²) in [5.41, 5.74) is -1.72. The van der Waals surface area contributed by atoms with Crippen molar-refractivity contribution in [3.8, 4) is 17.1 Å². The largest absolute Gasteiger partial charge is 0.482 e. The van der Waals surface area contributed by atoms with E-state index in [0.717, 1.165) is 6.42 Å². The van der Waals surface area contributed by atoms with E-state index in [2.05, 4.69) is 18.8 Å². The first kappa shape index (κ1) is 33.4. The number of carbonyl (C=O) groups excluding carboxylic acids is 1. The molecule has 3 fully saturated rings. The van der Waals surface area contributed by atoms with Gasteiger partial charge in [0.15, 0.2) is 6.29 Å². The molecule has 12 nitrogen and oxygen atoms in total. The van der Waals surface area contributed by atoms with Gasteiger partial charge in [-0.05, 0) is 68.2 Å².